The van der Waals surface area contributed by atoms with Gasteiger partial charge in [0.1, 0.15) is 11.5 Å². The van der Waals surface area contributed by atoms with Crippen LogP contribution < -0.4 is 10.6 Å². The number of aromatic amines is 1. The summed E-state index contributed by atoms with van der Waals surface area (Å²) in [7, 11) is -3.04. The lowest BCUT2D eigenvalue weighted by Gasteiger charge is -2.27. The molecule has 0 unspecified atom stereocenters. The zero-order valence-corrected chi connectivity index (χ0v) is 15.3. The topological polar surface area (TPSA) is 99.8 Å². The molecule has 7 nitrogen and oxygen atoms in total. The average molecular weight is 371 g/mol. The highest BCUT2D eigenvalue weighted by atomic mass is 32.2. The molecule has 26 heavy (non-hydrogen) atoms. The number of aromatic nitrogens is 3. The van der Waals surface area contributed by atoms with Crippen molar-refractivity contribution in [2.75, 3.05) is 16.9 Å². The molecule has 3 N–H and O–H groups in total. The van der Waals surface area contributed by atoms with Gasteiger partial charge in [-0.25, -0.2) is 8.42 Å². The van der Waals surface area contributed by atoms with Crippen molar-refractivity contribution in [1.82, 2.24) is 15.0 Å². The molecule has 1 aliphatic rings. The first kappa shape index (κ1) is 16.8. The lowest BCUT2D eigenvalue weighted by atomic mass is 9.93. The smallest absolute Gasteiger partial charge is 0.231 e. The quantitative estimate of drug-likeness (QED) is 0.615. The van der Waals surface area contributed by atoms with E-state index in [4.69, 9.17) is 0 Å². The fourth-order valence-electron chi connectivity index (χ4n) is 2.97. The molecule has 3 aromatic rings. The zero-order chi connectivity index (χ0) is 18.1. The Morgan fingerprint density at radius 1 is 1.15 bits per heavy atom. The van der Waals surface area contributed by atoms with E-state index in [0.29, 0.717) is 12.0 Å². The maximum Gasteiger partial charge on any atom is 0.231 e. The van der Waals surface area contributed by atoms with E-state index in [9.17, 15) is 8.42 Å². The minimum absolute atomic E-state index is 0.0354. The Labute approximate surface area is 152 Å². The lowest BCUT2D eigenvalue weighted by molar-refractivity contribution is 0.445. The molecular weight excluding hydrogens is 350 g/mol. The number of nitrogens with one attached hydrogen (secondary N) is 3. The summed E-state index contributed by atoms with van der Waals surface area (Å²) in [4.78, 5) is 12.3. The van der Waals surface area contributed by atoms with Gasteiger partial charge in [-0.1, -0.05) is 12.1 Å². The van der Waals surface area contributed by atoms with Gasteiger partial charge < -0.3 is 15.6 Å². The van der Waals surface area contributed by atoms with E-state index in [1.807, 2.05) is 24.4 Å². The van der Waals surface area contributed by atoms with E-state index >= 15 is 0 Å². The molecule has 0 spiro atoms. The molecule has 0 bridgehead atoms. The van der Waals surface area contributed by atoms with Crippen LogP contribution in [-0.2, 0) is 15.6 Å². The van der Waals surface area contributed by atoms with Gasteiger partial charge in [0.25, 0.3) is 0 Å². The van der Waals surface area contributed by atoms with Gasteiger partial charge in [-0.15, -0.1) is 0 Å². The molecule has 1 fully saturated rings. The predicted molar refractivity (Wildman–Crippen MR) is 103 cm³/mol. The van der Waals surface area contributed by atoms with Crippen molar-refractivity contribution in [2.45, 2.75) is 31.1 Å². The second-order valence-corrected chi connectivity index (χ2v) is 8.94. The van der Waals surface area contributed by atoms with Gasteiger partial charge in [-0.3, -0.25) is 0 Å². The van der Waals surface area contributed by atoms with Crippen molar-refractivity contribution in [3.8, 4) is 0 Å². The summed E-state index contributed by atoms with van der Waals surface area (Å²) in [6.45, 7) is 0. The largest absolute Gasteiger partial charge is 0.367 e. The van der Waals surface area contributed by atoms with Crippen molar-refractivity contribution in [2.24, 2.45) is 0 Å². The van der Waals surface area contributed by atoms with Gasteiger partial charge in [0.2, 0.25) is 5.95 Å². The third kappa shape index (κ3) is 3.80. The number of rotatable bonds is 6. The van der Waals surface area contributed by atoms with Gasteiger partial charge in [0, 0.05) is 24.2 Å². The molecule has 2 aromatic heterocycles. The second-order valence-electron chi connectivity index (χ2n) is 6.80. The zero-order valence-electron chi connectivity index (χ0n) is 14.5. The van der Waals surface area contributed by atoms with Crippen molar-refractivity contribution >= 4 is 38.3 Å². The van der Waals surface area contributed by atoms with Crippen LogP contribution in [0.15, 0.2) is 36.5 Å². The molecular formula is C18H21N5O2S. The number of hydrogen-bond donors (Lipinski definition) is 3. The number of fused-ring (bicyclic) bond motifs is 1. The Kier molecular flexibility index (Phi) is 4.28. The first-order chi connectivity index (χ1) is 12.5. The van der Waals surface area contributed by atoms with Crippen molar-refractivity contribution in [1.29, 1.82) is 0 Å². The van der Waals surface area contributed by atoms with E-state index in [-0.39, 0.29) is 5.75 Å². The molecule has 0 atom stereocenters. The number of anilines is 3. The van der Waals surface area contributed by atoms with Crippen molar-refractivity contribution in [3.05, 3.63) is 42.1 Å². The standard InChI is InChI=1S/C18H21N5O2S/c1-26(24,25)11-12-5-7-14(8-6-12)21-18-22-16-15(9-10-19-16)17(23-18)20-13-3-2-4-13/h5-10,13H,2-4,11H2,1H3,(H3,19,20,21,22,23). The number of hydrogen-bond acceptors (Lipinski definition) is 6. The van der Waals surface area contributed by atoms with Crippen LogP contribution in [0.4, 0.5) is 17.5 Å². The van der Waals surface area contributed by atoms with Gasteiger partial charge in [0.15, 0.2) is 9.84 Å². The van der Waals surface area contributed by atoms with Crippen LogP contribution in [-0.4, -0.2) is 35.7 Å². The van der Waals surface area contributed by atoms with Crippen LogP contribution in [0, 0.1) is 0 Å². The van der Waals surface area contributed by atoms with Crippen LogP contribution in [0.5, 0.6) is 0 Å². The van der Waals surface area contributed by atoms with Crippen LogP contribution in [0.25, 0.3) is 11.0 Å². The Morgan fingerprint density at radius 3 is 2.58 bits per heavy atom. The molecule has 1 saturated carbocycles. The summed E-state index contributed by atoms with van der Waals surface area (Å²) in [5, 5.41) is 7.66. The molecule has 0 radical (unpaired) electrons. The van der Waals surface area contributed by atoms with E-state index < -0.39 is 9.84 Å². The predicted octanol–water partition coefficient (Wildman–Crippen LogP) is 3.21. The molecule has 1 aliphatic carbocycles. The number of benzene rings is 1. The van der Waals surface area contributed by atoms with Gasteiger partial charge >= 0.3 is 0 Å². The molecule has 0 aliphatic heterocycles. The fraction of sp³-hybridized carbons (Fsp3) is 0.333. The summed E-state index contributed by atoms with van der Waals surface area (Å²) in [5.74, 6) is 1.36. The highest BCUT2D eigenvalue weighted by molar-refractivity contribution is 7.89. The first-order valence-electron chi connectivity index (χ1n) is 8.62. The van der Waals surface area contributed by atoms with Crippen LogP contribution >= 0.6 is 0 Å². The first-order valence-corrected chi connectivity index (χ1v) is 10.7. The van der Waals surface area contributed by atoms with E-state index in [2.05, 4.69) is 25.6 Å². The SMILES string of the molecule is CS(=O)(=O)Cc1ccc(Nc2nc(NC3CCC3)c3cc[nH]c3n2)cc1. The Bertz CT molecular complexity index is 1020. The molecule has 4 rings (SSSR count). The minimum atomic E-state index is -3.04. The van der Waals surface area contributed by atoms with Crippen LogP contribution in [0.2, 0.25) is 0 Å². The lowest BCUT2D eigenvalue weighted by Crippen LogP contribution is -2.27. The highest BCUT2D eigenvalue weighted by Crippen LogP contribution is 2.28. The summed E-state index contributed by atoms with van der Waals surface area (Å²) in [5.41, 5.74) is 2.34. The van der Waals surface area contributed by atoms with Gasteiger partial charge in [0.05, 0.1) is 11.1 Å². The fourth-order valence-corrected chi connectivity index (χ4v) is 3.77. The normalized spacial score (nSPS) is 15.0. The summed E-state index contributed by atoms with van der Waals surface area (Å²) in [6.07, 6.45) is 6.68. The van der Waals surface area contributed by atoms with Crippen molar-refractivity contribution < 1.29 is 8.42 Å². The summed E-state index contributed by atoms with van der Waals surface area (Å²) in [6, 6.07) is 9.71. The van der Waals surface area contributed by atoms with Crippen LogP contribution in [0.1, 0.15) is 24.8 Å². The molecule has 0 amide bonds. The number of sulfone groups is 1. The third-order valence-corrected chi connectivity index (χ3v) is 5.36. The van der Waals surface area contributed by atoms with E-state index in [1.165, 1.54) is 25.5 Å². The Balaban J connectivity index is 1.56. The highest BCUT2D eigenvalue weighted by Gasteiger charge is 2.19. The molecule has 136 valence electrons. The number of H-pyrrole nitrogens is 1. The number of nitrogens with zero attached hydrogens (tertiary/aromatic N) is 2. The van der Waals surface area contributed by atoms with E-state index in [1.54, 1.807) is 12.1 Å². The second kappa shape index (κ2) is 6.60. The third-order valence-electron chi connectivity index (χ3n) is 4.50. The summed E-state index contributed by atoms with van der Waals surface area (Å²) >= 11 is 0. The van der Waals surface area contributed by atoms with Crippen LogP contribution in [0.3, 0.4) is 0 Å². The Morgan fingerprint density at radius 2 is 1.92 bits per heavy atom. The molecule has 0 saturated heterocycles. The monoisotopic (exact) mass is 371 g/mol. The maximum absolute atomic E-state index is 11.4. The van der Waals surface area contributed by atoms with Gasteiger partial charge in [-0.2, -0.15) is 9.97 Å². The van der Waals surface area contributed by atoms with Gasteiger partial charge in [-0.05, 0) is 43.0 Å². The minimum Gasteiger partial charge on any atom is -0.367 e. The van der Waals surface area contributed by atoms with E-state index in [0.717, 1.165) is 28.1 Å². The molecule has 2 heterocycles. The maximum atomic E-state index is 11.4. The molecule has 1 aromatic carbocycles. The summed E-state index contributed by atoms with van der Waals surface area (Å²) < 4.78 is 22.8. The average Bonchev–Trinajstić information content (AvgIpc) is 3.00. The molecule has 8 heteroatoms. The Hall–Kier alpha value is -2.61. The van der Waals surface area contributed by atoms with Crippen molar-refractivity contribution in [3.63, 3.8) is 0 Å².